The number of aromatic nitrogens is 4. The fourth-order valence-electron chi connectivity index (χ4n) is 1.96. The third-order valence-electron chi connectivity index (χ3n) is 3.52. The van der Waals surface area contributed by atoms with E-state index in [0.717, 1.165) is 22.9 Å². The van der Waals surface area contributed by atoms with E-state index in [9.17, 15) is 0 Å². The summed E-state index contributed by atoms with van der Waals surface area (Å²) in [5, 5.41) is 7.30. The van der Waals surface area contributed by atoms with Crippen LogP contribution in [0.2, 0.25) is 0 Å². The van der Waals surface area contributed by atoms with Gasteiger partial charge in [0.05, 0.1) is 11.9 Å². The van der Waals surface area contributed by atoms with Gasteiger partial charge in [0.1, 0.15) is 11.6 Å². The Hall–Kier alpha value is -1.91. The van der Waals surface area contributed by atoms with Gasteiger partial charge in [-0.3, -0.25) is 4.68 Å². The van der Waals surface area contributed by atoms with Crippen LogP contribution in [-0.2, 0) is 12.5 Å². The molecule has 2 aromatic rings. The van der Waals surface area contributed by atoms with Gasteiger partial charge in [-0.1, -0.05) is 6.92 Å². The summed E-state index contributed by atoms with van der Waals surface area (Å²) in [7, 11) is 3.79. The first-order valence-corrected chi connectivity index (χ1v) is 6.17. The third kappa shape index (κ3) is 1.85. The highest BCUT2D eigenvalue weighted by Crippen LogP contribution is 2.46. The van der Waals surface area contributed by atoms with Crippen molar-refractivity contribution in [2.24, 2.45) is 7.05 Å². The fraction of sp³-hybridized carbons (Fsp3) is 0.462. The molecule has 0 bridgehead atoms. The van der Waals surface area contributed by atoms with Crippen molar-refractivity contribution in [1.82, 2.24) is 19.7 Å². The van der Waals surface area contributed by atoms with Crippen LogP contribution in [0.5, 0.6) is 0 Å². The first-order chi connectivity index (χ1) is 8.60. The average molecular weight is 243 g/mol. The molecule has 2 heterocycles. The summed E-state index contributed by atoms with van der Waals surface area (Å²) >= 11 is 0. The number of nitrogens with zero attached hydrogens (tertiary/aromatic N) is 4. The van der Waals surface area contributed by atoms with Gasteiger partial charge >= 0.3 is 0 Å². The van der Waals surface area contributed by atoms with Crippen molar-refractivity contribution >= 4 is 5.82 Å². The lowest BCUT2D eigenvalue weighted by Crippen LogP contribution is -2.09. The summed E-state index contributed by atoms with van der Waals surface area (Å²) in [6.45, 7) is 2.22. The molecule has 3 rings (SSSR count). The van der Waals surface area contributed by atoms with Crippen molar-refractivity contribution in [3.63, 3.8) is 0 Å². The summed E-state index contributed by atoms with van der Waals surface area (Å²) in [6, 6.07) is 1.96. The van der Waals surface area contributed by atoms with Gasteiger partial charge < -0.3 is 5.32 Å². The molecule has 0 spiro atoms. The molecule has 0 aromatic carbocycles. The number of rotatable bonds is 3. The minimum Gasteiger partial charge on any atom is -0.373 e. The second kappa shape index (κ2) is 3.80. The maximum atomic E-state index is 4.69. The van der Waals surface area contributed by atoms with E-state index in [-0.39, 0.29) is 5.41 Å². The van der Waals surface area contributed by atoms with Crippen LogP contribution in [-0.4, -0.2) is 26.8 Å². The van der Waals surface area contributed by atoms with Gasteiger partial charge in [0, 0.05) is 37.3 Å². The third-order valence-corrected chi connectivity index (χ3v) is 3.52. The SMILES string of the molecule is CNc1cc(-c2cnn(C)c2)nc(C2(C)CC2)n1. The van der Waals surface area contributed by atoms with Crippen molar-refractivity contribution in [2.75, 3.05) is 12.4 Å². The van der Waals surface area contributed by atoms with Gasteiger partial charge in [-0.2, -0.15) is 5.10 Å². The van der Waals surface area contributed by atoms with Crippen LogP contribution in [0.1, 0.15) is 25.6 Å². The molecule has 2 aromatic heterocycles. The van der Waals surface area contributed by atoms with E-state index >= 15 is 0 Å². The lowest BCUT2D eigenvalue weighted by Gasteiger charge is -2.10. The van der Waals surface area contributed by atoms with Crippen molar-refractivity contribution in [3.8, 4) is 11.3 Å². The predicted molar refractivity (Wildman–Crippen MR) is 70.4 cm³/mol. The zero-order chi connectivity index (χ0) is 12.8. The average Bonchev–Trinajstić information content (AvgIpc) is 2.98. The highest BCUT2D eigenvalue weighted by atomic mass is 15.2. The molecule has 1 N–H and O–H groups in total. The minimum absolute atomic E-state index is 0.170. The smallest absolute Gasteiger partial charge is 0.137 e. The Bertz CT molecular complexity index is 583. The van der Waals surface area contributed by atoms with Crippen LogP contribution in [0, 0.1) is 0 Å². The standard InChI is InChI=1S/C13H17N5/c1-13(4-5-13)12-16-10(6-11(14-2)17-12)9-7-15-18(3)8-9/h6-8H,4-5H2,1-3H3,(H,14,16,17). The maximum absolute atomic E-state index is 4.69. The second-order valence-electron chi connectivity index (χ2n) is 5.18. The Morgan fingerprint density at radius 3 is 2.67 bits per heavy atom. The molecule has 1 fully saturated rings. The van der Waals surface area contributed by atoms with E-state index in [0.29, 0.717) is 0 Å². The van der Waals surface area contributed by atoms with E-state index in [1.54, 1.807) is 4.68 Å². The predicted octanol–water partition coefficient (Wildman–Crippen LogP) is 1.97. The summed E-state index contributed by atoms with van der Waals surface area (Å²) in [4.78, 5) is 9.26. The van der Waals surface area contributed by atoms with Gasteiger partial charge in [0.2, 0.25) is 0 Å². The second-order valence-corrected chi connectivity index (χ2v) is 5.18. The molecule has 0 radical (unpaired) electrons. The zero-order valence-electron chi connectivity index (χ0n) is 10.9. The molecular formula is C13H17N5. The molecular weight excluding hydrogens is 226 g/mol. The lowest BCUT2D eigenvalue weighted by molar-refractivity contribution is 0.711. The Kier molecular flexibility index (Phi) is 2.36. The molecule has 5 nitrogen and oxygen atoms in total. The normalized spacial score (nSPS) is 16.6. The molecule has 0 atom stereocenters. The first-order valence-electron chi connectivity index (χ1n) is 6.17. The van der Waals surface area contributed by atoms with Crippen molar-refractivity contribution in [2.45, 2.75) is 25.2 Å². The summed E-state index contributed by atoms with van der Waals surface area (Å²) < 4.78 is 1.79. The van der Waals surface area contributed by atoms with Crippen molar-refractivity contribution < 1.29 is 0 Å². The molecule has 0 aliphatic heterocycles. The topological polar surface area (TPSA) is 55.6 Å². The molecule has 0 saturated heterocycles. The number of hydrogen-bond donors (Lipinski definition) is 1. The number of aryl methyl sites for hydroxylation is 1. The van der Waals surface area contributed by atoms with E-state index < -0.39 is 0 Å². The van der Waals surface area contributed by atoms with Crippen LogP contribution in [0.3, 0.4) is 0 Å². The van der Waals surface area contributed by atoms with Gasteiger partial charge in [-0.15, -0.1) is 0 Å². The van der Waals surface area contributed by atoms with Crippen LogP contribution in [0.15, 0.2) is 18.5 Å². The number of anilines is 1. The molecule has 1 saturated carbocycles. The first kappa shape index (κ1) is 11.2. The van der Waals surface area contributed by atoms with Crippen molar-refractivity contribution in [1.29, 1.82) is 0 Å². The van der Waals surface area contributed by atoms with Crippen LogP contribution in [0.4, 0.5) is 5.82 Å². The Labute approximate surface area is 106 Å². The van der Waals surface area contributed by atoms with E-state index in [1.807, 2.05) is 32.6 Å². The Morgan fingerprint density at radius 1 is 1.33 bits per heavy atom. The lowest BCUT2D eigenvalue weighted by atomic mass is 10.1. The van der Waals surface area contributed by atoms with Crippen LogP contribution < -0.4 is 5.32 Å². The fourth-order valence-corrected chi connectivity index (χ4v) is 1.96. The maximum Gasteiger partial charge on any atom is 0.137 e. The summed E-state index contributed by atoms with van der Waals surface area (Å²) in [6.07, 6.45) is 6.15. The monoisotopic (exact) mass is 243 g/mol. The van der Waals surface area contributed by atoms with Gasteiger partial charge in [0.25, 0.3) is 0 Å². The number of nitrogens with one attached hydrogen (secondary N) is 1. The van der Waals surface area contributed by atoms with Gasteiger partial charge in [-0.05, 0) is 12.8 Å². The molecule has 18 heavy (non-hydrogen) atoms. The summed E-state index contributed by atoms with van der Waals surface area (Å²) in [5.74, 6) is 1.81. The largest absolute Gasteiger partial charge is 0.373 e. The highest BCUT2D eigenvalue weighted by Gasteiger charge is 2.42. The molecule has 1 aliphatic rings. The molecule has 0 unspecified atom stereocenters. The van der Waals surface area contributed by atoms with Crippen LogP contribution >= 0.6 is 0 Å². The van der Waals surface area contributed by atoms with E-state index in [1.165, 1.54) is 12.8 Å². The molecule has 5 heteroatoms. The zero-order valence-corrected chi connectivity index (χ0v) is 10.9. The quantitative estimate of drug-likeness (QED) is 0.895. The highest BCUT2D eigenvalue weighted by molar-refractivity contribution is 5.61. The van der Waals surface area contributed by atoms with Crippen molar-refractivity contribution in [3.05, 3.63) is 24.3 Å². The van der Waals surface area contributed by atoms with E-state index in [4.69, 9.17) is 4.98 Å². The molecule has 1 aliphatic carbocycles. The Morgan fingerprint density at radius 2 is 2.11 bits per heavy atom. The van der Waals surface area contributed by atoms with Gasteiger partial charge in [-0.25, -0.2) is 9.97 Å². The van der Waals surface area contributed by atoms with E-state index in [2.05, 4.69) is 22.3 Å². The number of hydrogen-bond acceptors (Lipinski definition) is 4. The Balaban J connectivity index is 2.09. The minimum atomic E-state index is 0.170. The summed E-state index contributed by atoms with van der Waals surface area (Å²) in [5.41, 5.74) is 2.14. The molecule has 94 valence electrons. The van der Waals surface area contributed by atoms with Crippen LogP contribution in [0.25, 0.3) is 11.3 Å². The molecule has 0 amide bonds. The van der Waals surface area contributed by atoms with Gasteiger partial charge in [0.15, 0.2) is 0 Å².